The second-order valence-corrected chi connectivity index (χ2v) is 28.8. The number of aliphatic hydroxyl groups is 1. The van der Waals surface area contributed by atoms with Gasteiger partial charge < -0.3 is 38.8 Å². The molecule has 12 nitrogen and oxygen atoms in total. The van der Waals surface area contributed by atoms with Gasteiger partial charge in [-0.05, 0) is 25.3 Å². The topological polar surface area (TPSA) is 156 Å². The van der Waals surface area contributed by atoms with Crippen LogP contribution in [0.3, 0.4) is 0 Å². The van der Waals surface area contributed by atoms with Crippen LogP contribution in [0.4, 0.5) is 0 Å². The van der Waals surface area contributed by atoms with Gasteiger partial charge in [0, 0.05) is 14.7 Å². The Morgan fingerprint density at radius 1 is 0.595 bits per heavy atom. The number of aliphatic hydroxyl groups excluding tert-OH is 1. The van der Waals surface area contributed by atoms with E-state index in [9.17, 15) is 24.3 Å². The van der Waals surface area contributed by atoms with Crippen LogP contribution >= 0.6 is 0 Å². The molecule has 0 bridgehead atoms. The van der Waals surface area contributed by atoms with Gasteiger partial charge in [-0.1, -0.05) is 252 Å². The van der Waals surface area contributed by atoms with Crippen molar-refractivity contribution in [2.45, 2.75) is 327 Å². The van der Waals surface area contributed by atoms with Crippen LogP contribution in [-0.4, -0.2) is 101 Å². The van der Waals surface area contributed by atoms with Crippen molar-refractivity contribution in [2.24, 2.45) is 5.92 Å². The summed E-state index contributed by atoms with van der Waals surface area (Å²) in [5, 5.41) is 14.9. The van der Waals surface area contributed by atoms with Gasteiger partial charge in [0.1, 0.15) is 25.6 Å². The SMILES string of the molecule is CCCCCCCCCCCCCCCCC(CCCCCCCCCC)C(=O)O[C@H]1[C@H](O)[C@@H](COC(=O)CCC(=O)OC)OC[C@@H]1NC(=O)CC(CCCCCCCCCCCCC)OCOCC[Si](C)(C)C. The molecule has 1 heterocycles. The van der Waals surface area contributed by atoms with Crippen molar-refractivity contribution in [2.75, 3.05) is 33.7 Å². The summed E-state index contributed by atoms with van der Waals surface area (Å²) in [4.78, 5) is 52.6. The summed E-state index contributed by atoms with van der Waals surface area (Å²) in [7, 11) is -0.0256. The number of methoxy groups -OCH3 is 1. The first-order valence-corrected chi connectivity index (χ1v) is 34.8. The third-order valence-electron chi connectivity index (χ3n) is 14.9. The highest BCUT2D eigenvalue weighted by Crippen LogP contribution is 2.27. The van der Waals surface area contributed by atoms with E-state index in [1.54, 1.807) is 0 Å². The first kappa shape index (κ1) is 70.0. The van der Waals surface area contributed by atoms with Gasteiger partial charge in [0.05, 0.1) is 51.0 Å². The van der Waals surface area contributed by atoms with Crippen molar-refractivity contribution in [3.63, 3.8) is 0 Å². The summed E-state index contributed by atoms with van der Waals surface area (Å²) in [6.07, 6.45) is 38.6. The molecule has 13 heteroatoms. The van der Waals surface area contributed by atoms with Crippen molar-refractivity contribution in [3.8, 4) is 0 Å². The van der Waals surface area contributed by atoms with Crippen molar-refractivity contribution in [1.29, 1.82) is 0 Å². The van der Waals surface area contributed by atoms with Gasteiger partial charge >= 0.3 is 17.9 Å². The Labute approximate surface area is 455 Å². The normalized spacial score (nSPS) is 17.7. The number of hydrogen-bond acceptors (Lipinski definition) is 11. The van der Waals surface area contributed by atoms with E-state index in [2.05, 4.69) is 50.5 Å². The maximum absolute atomic E-state index is 14.4. The van der Waals surface area contributed by atoms with Crippen LogP contribution in [0, 0.1) is 5.92 Å². The zero-order chi connectivity index (χ0) is 54.3. The smallest absolute Gasteiger partial charge is 0.309 e. The summed E-state index contributed by atoms with van der Waals surface area (Å²) in [6, 6.07) is 0.185. The molecule has 2 N–H and O–H groups in total. The Bertz CT molecular complexity index is 1350. The number of rotatable bonds is 52. The summed E-state index contributed by atoms with van der Waals surface area (Å²) in [5.41, 5.74) is 0. The van der Waals surface area contributed by atoms with E-state index >= 15 is 0 Å². The molecular formula is C61H117NO11Si. The molecule has 0 aromatic carbocycles. The van der Waals surface area contributed by atoms with Gasteiger partial charge in [0.25, 0.3) is 0 Å². The summed E-state index contributed by atoms with van der Waals surface area (Å²) in [6.45, 7) is 14.1. The lowest BCUT2D eigenvalue weighted by atomic mass is 9.93. The fourth-order valence-electron chi connectivity index (χ4n) is 9.90. The molecule has 0 saturated carbocycles. The maximum Gasteiger partial charge on any atom is 0.309 e. The number of esters is 3. The van der Waals surface area contributed by atoms with Crippen molar-refractivity contribution >= 4 is 31.9 Å². The highest BCUT2D eigenvalue weighted by molar-refractivity contribution is 6.76. The predicted octanol–water partition coefficient (Wildman–Crippen LogP) is 15.4. The standard InChI is InChI=1S/C61H117NO11Si/c1-8-11-14-17-20-23-25-26-27-29-30-33-36-39-42-52(41-38-35-32-22-19-16-13-10-3)61(67)73-60-54(49-70-55(59(60)66)50-71-58(65)45-44-57(64)68-4)62-56(63)48-53(72-51-69-46-47-74(5,6)7)43-40-37-34-31-28-24-21-18-15-12-9-2/h52-55,59-60,66H,8-51H2,1-7H3,(H,62,63)/t52?,53?,54-,55+,59+,60+/m0/s1. The molecule has 0 aliphatic carbocycles. The zero-order valence-electron chi connectivity index (χ0n) is 49.1. The van der Waals surface area contributed by atoms with E-state index in [0.29, 0.717) is 25.9 Å². The molecule has 0 aromatic heterocycles. The van der Waals surface area contributed by atoms with E-state index in [0.717, 1.165) is 63.8 Å². The minimum absolute atomic E-state index is 0.0588. The Morgan fingerprint density at radius 3 is 1.45 bits per heavy atom. The number of carbonyl (C=O) groups excluding carboxylic acids is 4. The van der Waals surface area contributed by atoms with E-state index in [1.807, 2.05) is 0 Å². The summed E-state index contributed by atoms with van der Waals surface area (Å²) in [5.74, 6) is -2.15. The summed E-state index contributed by atoms with van der Waals surface area (Å²) >= 11 is 0. The lowest BCUT2D eigenvalue weighted by Crippen LogP contribution is -2.62. The first-order chi connectivity index (χ1) is 35.8. The molecule has 436 valence electrons. The van der Waals surface area contributed by atoms with Gasteiger partial charge in [-0.3, -0.25) is 19.2 Å². The molecule has 1 aliphatic rings. The molecule has 0 spiro atoms. The Kier molecular flexibility index (Phi) is 45.5. The second kappa shape index (κ2) is 48.1. The molecule has 6 atom stereocenters. The van der Waals surface area contributed by atoms with E-state index in [1.165, 1.54) is 161 Å². The minimum atomic E-state index is -1.39. The Morgan fingerprint density at radius 2 is 1.01 bits per heavy atom. The van der Waals surface area contributed by atoms with Gasteiger partial charge in [-0.2, -0.15) is 0 Å². The van der Waals surface area contributed by atoms with Gasteiger partial charge in [0.2, 0.25) is 5.91 Å². The van der Waals surface area contributed by atoms with Gasteiger partial charge in [-0.15, -0.1) is 0 Å². The average molecular weight is 1070 g/mol. The zero-order valence-corrected chi connectivity index (χ0v) is 50.1. The molecule has 1 amide bonds. The molecule has 1 rings (SSSR count). The third kappa shape index (κ3) is 40.2. The Hall–Kier alpha value is -2.06. The number of ether oxygens (including phenoxy) is 6. The number of carbonyl (C=O) groups is 4. The number of hydrogen-bond donors (Lipinski definition) is 2. The average Bonchev–Trinajstić information content (AvgIpc) is 3.37. The first-order valence-electron chi connectivity index (χ1n) is 31.1. The fraction of sp³-hybridized carbons (Fsp3) is 0.934. The van der Waals surface area contributed by atoms with Crippen LogP contribution in [0.15, 0.2) is 0 Å². The number of amides is 1. The van der Waals surface area contributed by atoms with E-state index in [-0.39, 0.29) is 63.2 Å². The molecule has 1 aliphatic heterocycles. The van der Waals surface area contributed by atoms with Gasteiger partial charge in [0.15, 0.2) is 6.10 Å². The molecule has 0 radical (unpaired) electrons. The highest BCUT2D eigenvalue weighted by Gasteiger charge is 2.44. The lowest BCUT2D eigenvalue weighted by molar-refractivity contribution is -0.198. The number of nitrogens with one attached hydrogen (secondary N) is 1. The van der Waals surface area contributed by atoms with Crippen LogP contribution in [0.25, 0.3) is 0 Å². The molecular weight excluding hydrogens is 951 g/mol. The molecule has 74 heavy (non-hydrogen) atoms. The molecule has 1 saturated heterocycles. The van der Waals surface area contributed by atoms with Gasteiger partial charge in [-0.25, -0.2) is 0 Å². The maximum atomic E-state index is 14.4. The minimum Gasteiger partial charge on any atom is -0.469 e. The van der Waals surface area contributed by atoms with E-state index in [4.69, 9.17) is 23.7 Å². The number of unbranched alkanes of at least 4 members (excludes halogenated alkanes) is 30. The third-order valence-corrected chi connectivity index (χ3v) is 16.6. The van der Waals surface area contributed by atoms with Crippen molar-refractivity contribution in [3.05, 3.63) is 0 Å². The fourth-order valence-corrected chi connectivity index (χ4v) is 10.7. The summed E-state index contributed by atoms with van der Waals surface area (Å²) < 4.78 is 34.6. The van der Waals surface area contributed by atoms with Crippen LogP contribution in [0.1, 0.15) is 271 Å². The van der Waals surface area contributed by atoms with Crippen LogP contribution in [0.5, 0.6) is 0 Å². The highest BCUT2D eigenvalue weighted by atomic mass is 28.3. The molecule has 2 unspecified atom stereocenters. The van der Waals surface area contributed by atoms with Crippen LogP contribution in [0.2, 0.25) is 25.7 Å². The lowest BCUT2D eigenvalue weighted by Gasteiger charge is -2.40. The van der Waals surface area contributed by atoms with Crippen molar-refractivity contribution < 1.29 is 52.7 Å². The quantitative estimate of drug-likeness (QED) is 0.0197. The monoisotopic (exact) mass is 1070 g/mol. The van der Waals surface area contributed by atoms with Crippen LogP contribution in [-0.2, 0) is 47.6 Å². The van der Waals surface area contributed by atoms with Crippen LogP contribution < -0.4 is 5.32 Å². The predicted molar refractivity (Wildman–Crippen MR) is 305 cm³/mol. The second-order valence-electron chi connectivity index (χ2n) is 23.2. The molecule has 1 fully saturated rings. The van der Waals surface area contributed by atoms with E-state index < -0.39 is 44.4 Å². The molecule has 0 aromatic rings. The van der Waals surface area contributed by atoms with Crippen molar-refractivity contribution in [1.82, 2.24) is 5.32 Å². The largest absolute Gasteiger partial charge is 0.469 e. The Balaban J connectivity index is 3.08.